The minimum Gasteiger partial charge on any atom is -0.465 e. The van der Waals surface area contributed by atoms with Crippen molar-refractivity contribution in [3.63, 3.8) is 0 Å². The second-order valence-corrected chi connectivity index (χ2v) is 4.37. The first-order valence-electron chi connectivity index (χ1n) is 6.35. The summed E-state index contributed by atoms with van der Waals surface area (Å²) in [6.07, 6.45) is 1.45. The van der Waals surface area contributed by atoms with Gasteiger partial charge in [-0.2, -0.15) is 5.10 Å². The van der Waals surface area contributed by atoms with Crippen LogP contribution < -0.4 is 11.0 Å². The van der Waals surface area contributed by atoms with Crippen molar-refractivity contribution in [3.05, 3.63) is 57.5 Å². The Morgan fingerprint density at radius 2 is 2.00 bits per heavy atom. The lowest BCUT2D eigenvalue weighted by Gasteiger charge is -1.99. The molecule has 3 N–H and O–H groups in total. The van der Waals surface area contributed by atoms with E-state index < -0.39 is 5.97 Å². The van der Waals surface area contributed by atoms with Crippen LogP contribution in [0.4, 0.5) is 0 Å². The molecule has 0 aliphatic heterocycles. The number of ether oxygens (including phenoxy) is 1. The number of amides is 1. The number of H-pyrrole nitrogens is 2. The largest absolute Gasteiger partial charge is 0.465 e. The van der Waals surface area contributed by atoms with Crippen molar-refractivity contribution in [3.8, 4) is 0 Å². The molecule has 0 bridgehead atoms. The van der Waals surface area contributed by atoms with Gasteiger partial charge in [0.1, 0.15) is 0 Å². The van der Waals surface area contributed by atoms with Gasteiger partial charge in [-0.25, -0.2) is 10.2 Å². The SMILES string of the molecule is COC(=O)c1ccc(/C=N\NC(=O)Cc2cc(=O)[nH][nH]2)cc1. The molecule has 1 aromatic heterocycles. The summed E-state index contributed by atoms with van der Waals surface area (Å²) in [5.74, 6) is -0.782. The third-order valence-corrected chi connectivity index (χ3v) is 2.74. The Morgan fingerprint density at radius 3 is 2.59 bits per heavy atom. The number of carbonyl (C=O) groups excluding carboxylic acids is 2. The van der Waals surface area contributed by atoms with Crippen molar-refractivity contribution in [2.45, 2.75) is 6.42 Å². The van der Waals surface area contributed by atoms with Gasteiger partial charge in [0.25, 0.3) is 5.56 Å². The quantitative estimate of drug-likeness (QED) is 0.415. The van der Waals surface area contributed by atoms with E-state index in [9.17, 15) is 14.4 Å². The Labute approximate surface area is 125 Å². The average molecular weight is 302 g/mol. The highest BCUT2D eigenvalue weighted by Crippen LogP contribution is 2.03. The fourth-order valence-corrected chi connectivity index (χ4v) is 1.68. The maximum absolute atomic E-state index is 11.6. The molecule has 0 saturated heterocycles. The minimum atomic E-state index is -0.419. The molecule has 1 heterocycles. The van der Waals surface area contributed by atoms with Gasteiger partial charge in [0, 0.05) is 11.8 Å². The van der Waals surface area contributed by atoms with Gasteiger partial charge >= 0.3 is 5.97 Å². The molecule has 0 unspecified atom stereocenters. The molecule has 8 heteroatoms. The maximum atomic E-state index is 11.6. The number of esters is 1. The van der Waals surface area contributed by atoms with Crippen molar-refractivity contribution >= 4 is 18.1 Å². The number of methoxy groups -OCH3 is 1. The van der Waals surface area contributed by atoms with Crippen LogP contribution in [0.25, 0.3) is 0 Å². The van der Waals surface area contributed by atoms with Crippen LogP contribution in [0.2, 0.25) is 0 Å². The monoisotopic (exact) mass is 302 g/mol. The number of aromatic amines is 2. The molecular formula is C14H14N4O4. The van der Waals surface area contributed by atoms with E-state index in [1.807, 2.05) is 0 Å². The third-order valence-electron chi connectivity index (χ3n) is 2.74. The lowest BCUT2D eigenvalue weighted by molar-refractivity contribution is -0.120. The molecule has 22 heavy (non-hydrogen) atoms. The van der Waals surface area contributed by atoms with Gasteiger partial charge in [0.05, 0.1) is 25.3 Å². The van der Waals surface area contributed by atoms with E-state index in [1.165, 1.54) is 19.4 Å². The average Bonchev–Trinajstić information content (AvgIpc) is 2.92. The summed E-state index contributed by atoms with van der Waals surface area (Å²) in [6.45, 7) is 0. The number of nitrogens with one attached hydrogen (secondary N) is 3. The molecule has 2 aromatic rings. The third kappa shape index (κ3) is 4.17. The number of hydrazone groups is 1. The number of benzene rings is 1. The van der Waals surface area contributed by atoms with Crippen LogP contribution in [0.3, 0.4) is 0 Å². The first-order valence-corrected chi connectivity index (χ1v) is 6.35. The molecule has 0 atom stereocenters. The zero-order chi connectivity index (χ0) is 15.9. The number of hydrogen-bond acceptors (Lipinski definition) is 5. The Kier molecular flexibility index (Phi) is 4.86. The Morgan fingerprint density at radius 1 is 1.27 bits per heavy atom. The number of rotatable bonds is 5. The molecule has 114 valence electrons. The first kappa shape index (κ1) is 15.2. The van der Waals surface area contributed by atoms with Crippen molar-refractivity contribution in [2.24, 2.45) is 5.10 Å². The summed E-state index contributed by atoms with van der Waals surface area (Å²) in [6, 6.07) is 7.84. The van der Waals surface area contributed by atoms with Crippen molar-refractivity contribution in [1.29, 1.82) is 0 Å². The van der Waals surface area contributed by atoms with Gasteiger partial charge in [-0.3, -0.25) is 14.7 Å². The number of nitrogens with zero attached hydrogens (tertiary/aromatic N) is 1. The highest BCUT2D eigenvalue weighted by molar-refractivity contribution is 5.90. The highest BCUT2D eigenvalue weighted by Gasteiger charge is 2.05. The maximum Gasteiger partial charge on any atom is 0.337 e. The number of carbonyl (C=O) groups is 2. The van der Waals surface area contributed by atoms with Crippen LogP contribution in [-0.4, -0.2) is 35.4 Å². The van der Waals surface area contributed by atoms with Crippen molar-refractivity contribution in [1.82, 2.24) is 15.6 Å². The van der Waals surface area contributed by atoms with E-state index in [1.54, 1.807) is 24.3 Å². The van der Waals surface area contributed by atoms with Crippen LogP contribution in [-0.2, 0) is 16.0 Å². The van der Waals surface area contributed by atoms with Crippen LogP contribution in [0.5, 0.6) is 0 Å². The van der Waals surface area contributed by atoms with E-state index in [-0.39, 0.29) is 17.9 Å². The van der Waals surface area contributed by atoms with E-state index in [0.29, 0.717) is 16.8 Å². The van der Waals surface area contributed by atoms with Gasteiger partial charge in [0.15, 0.2) is 0 Å². The van der Waals surface area contributed by atoms with Gasteiger partial charge in [-0.05, 0) is 17.7 Å². The van der Waals surface area contributed by atoms with E-state index in [2.05, 4.69) is 25.5 Å². The van der Waals surface area contributed by atoms with Crippen LogP contribution in [0.1, 0.15) is 21.6 Å². The molecule has 0 aliphatic carbocycles. The molecule has 2 rings (SSSR count). The fourth-order valence-electron chi connectivity index (χ4n) is 1.68. The molecule has 0 aliphatic rings. The number of hydrogen-bond donors (Lipinski definition) is 3. The molecular weight excluding hydrogens is 288 g/mol. The fraction of sp³-hybridized carbons (Fsp3) is 0.143. The van der Waals surface area contributed by atoms with Crippen molar-refractivity contribution in [2.75, 3.05) is 7.11 Å². The summed E-state index contributed by atoms with van der Waals surface area (Å²) >= 11 is 0. The van der Waals surface area contributed by atoms with Crippen molar-refractivity contribution < 1.29 is 14.3 Å². The van der Waals surface area contributed by atoms with Gasteiger partial charge in [-0.1, -0.05) is 12.1 Å². The highest BCUT2D eigenvalue weighted by atomic mass is 16.5. The van der Waals surface area contributed by atoms with Gasteiger partial charge in [-0.15, -0.1) is 0 Å². The molecule has 0 saturated carbocycles. The molecule has 0 spiro atoms. The van der Waals surface area contributed by atoms with Gasteiger partial charge in [0.2, 0.25) is 5.91 Å². The van der Waals surface area contributed by atoms with Gasteiger partial charge < -0.3 is 9.84 Å². The molecule has 1 amide bonds. The summed E-state index contributed by atoms with van der Waals surface area (Å²) in [4.78, 5) is 33.7. The van der Waals surface area contributed by atoms with E-state index in [0.717, 1.165) is 0 Å². The molecule has 1 aromatic carbocycles. The van der Waals surface area contributed by atoms with Crippen LogP contribution in [0, 0.1) is 0 Å². The van der Waals surface area contributed by atoms with E-state index in [4.69, 9.17) is 0 Å². The minimum absolute atomic E-state index is 0.0113. The first-order chi connectivity index (χ1) is 10.6. The predicted octanol–water partition coefficient (Wildman–Crippen LogP) is 0.182. The summed E-state index contributed by atoms with van der Waals surface area (Å²) in [7, 11) is 1.31. The second-order valence-electron chi connectivity index (χ2n) is 4.37. The summed E-state index contributed by atoms with van der Waals surface area (Å²) in [5.41, 5.74) is 3.66. The lowest BCUT2D eigenvalue weighted by Crippen LogP contribution is -2.20. The predicted molar refractivity (Wildman–Crippen MR) is 78.6 cm³/mol. The Bertz CT molecular complexity index is 743. The summed E-state index contributed by atoms with van der Waals surface area (Å²) in [5, 5.41) is 8.71. The zero-order valence-corrected chi connectivity index (χ0v) is 11.8. The summed E-state index contributed by atoms with van der Waals surface area (Å²) < 4.78 is 4.59. The van der Waals surface area contributed by atoms with E-state index >= 15 is 0 Å². The Balaban J connectivity index is 1.87. The number of aromatic nitrogens is 2. The zero-order valence-electron chi connectivity index (χ0n) is 11.8. The molecule has 0 radical (unpaired) electrons. The molecule has 0 fully saturated rings. The Hall–Kier alpha value is -3.16. The normalized spacial score (nSPS) is 10.6. The molecule has 8 nitrogen and oxygen atoms in total. The van der Waals surface area contributed by atoms with Crippen LogP contribution in [0.15, 0.2) is 40.2 Å². The topological polar surface area (TPSA) is 116 Å². The standard InChI is InChI=1S/C14H14N4O4/c1-22-14(21)10-4-2-9(3-5-10)8-15-17-12(19)6-11-7-13(20)18-16-11/h2-5,7-8H,6H2,1H3,(H,17,19)(H2,16,18,20)/b15-8-. The second kappa shape index (κ2) is 7.02. The lowest BCUT2D eigenvalue weighted by atomic mass is 10.1. The van der Waals surface area contributed by atoms with Crippen LogP contribution >= 0.6 is 0 Å². The smallest absolute Gasteiger partial charge is 0.337 e.